The minimum absolute atomic E-state index is 0.427. The smallest absolute Gasteiger partial charge is 0.190 e. The highest BCUT2D eigenvalue weighted by Crippen LogP contribution is 2.45. The maximum absolute atomic E-state index is 11.2. The maximum Gasteiger partial charge on any atom is 0.190 e. The van der Waals surface area contributed by atoms with Crippen LogP contribution in [0.25, 0.3) is 0 Å². The first-order valence-corrected chi connectivity index (χ1v) is 12.6. The summed E-state index contributed by atoms with van der Waals surface area (Å²) in [5.74, 6) is -1.70. The summed E-state index contributed by atoms with van der Waals surface area (Å²) in [6.45, 7) is 8.06. The topological polar surface area (TPSA) is 89.9 Å². The molecule has 3 saturated heterocycles. The predicted molar refractivity (Wildman–Crippen MR) is 132 cm³/mol. The number of aliphatic hydroxyl groups excluding tert-OH is 2. The van der Waals surface area contributed by atoms with E-state index in [0.29, 0.717) is 13.1 Å². The van der Waals surface area contributed by atoms with E-state index in [4.69, 9.17) is 23.7 Å². The lowest BCUT2D eigenvalue weighted by Gasteiger charge is -2.46. The van der Waals surface area contributed by atoms with Gasteiger partial charge in [0, 0.05) is 13.1 Å². The average molecular weight is 500 g/mol. The van der Waals surface area contributed by atoms with Crippen LogP contribution in [0.2, 0.25) is 0 Å². The Morgan fingerprint density at radius 3 is 1.81 bits per heavy atom. The van der Waals surface area contributed by atoms with Crippen molar-refractivity contribution < 1.29 is 33.9 Å². The molecular weight excluding hydrogens is 462 g/mol. The van der Waals surface area contributed by atoms with E-state index in [1.165, 1.54) is 0 Å². The third-order valence-electron chi connectivity index (χ3n) is 6.99. The number of rotatable bonds is 8. The van der Waals surface area contributed by atoms with Crippen molar-refractivity contribution in [3.63, 3.8) is 0 Å². The highest BCUT2D eigenvalue weighted by atomic mass is 16.9. The van der Waals surface area contributed by atoms with Gasteiger partial charge in [0.05, 0.1) is 18.8 Å². The maximum atomic E-state index is 11.2. The molecule has 7 atom stereocenters. The second-order valence-electron chi connectivity index (χ2n) is 10.8. The first-order valence-electron chi connectivity index (χ1n) is 12.6. The quantitative estimate of drug-likeness (QED) is 0.573. The molecule has 8 heteroatoms. The number of hydrogen-bond donors (Lipinski definition) is 2. The van der Waals surface area contributed by atoms with Crippen LogP contribution in [0.1, 0.15) is 38.8 Å². The Morgan fingerprint density at radius 2 is 1.25 bits per heavy atom. The Balaban J connectivity index is 1.52. The van der Waals surface area contributed by atoms with Crippen LogP contribution in [0.3, 0.4) is 0 Å². The normalized spacial score (nSPS) is 32.1. The van der Waals surface area contributed by atoms with Crippen molar-refractivity contribution in [3.8, 4) is 0 Å². The van der Waals surface area contributed by atoms with Crippen molar-refractivity contribution in [3.05, 3.63) is 71.8 Å². The summed E-state index contributed by atoms with van der Waals surface area (Å²) < 4.78 is 31.4. The Morgan fingerprint density at radius 1 is 0.750 bits per heavy atom. The van der Waals surface area contributed by atoms with E-state index in [9.17, 15) is 10.2 Å². The zero-order valence-electron chi connectivity index (χ0n) is 21.3. The summed E-state index contributed by atoms with van der Waals surface area (Å²) >= 11 is 0. The Hall–Kier alpha value is -1.88. The first-order chi connectivity index (χ1) is 17.2. The average Bonchev–Trinajstić information content (AvgIpc) is 3.34. The van der Waals surface area contributed by atoms with Crippen LogP contribution in [-0.2, 0) is 36.8 Å². The van der Waals surface area contributed by atoms with Gasteiger partial charge in [-0.25, -0.2) is 0 Å². The highest BCUT2D eigenvalue weighted by Gasteiger charge is 2.62. The van der Waals surface area contributed by atoms with Crippen molar-refractivity contribution in [2.45, 2.75) is 95.2 Å². The molecule has 0 radical (unpaired) electrons. The van der Waals surface area contributed by atoms with E-state index in [0.717, 1.165) is 11.1 Å². The summed E-state index contributed by atoms with van der Waals surface area (Å²) in [6, 6.07) is 19.5. The van der Waals surface area contributed by atoms with Crippen LogP contribution in [0.15, 0.2) is 60.7 Å². The molecule has 196 valence electrons. The number of hydrogen-bond acceptors (Lipinski definition) is 8. The van der Waals surface area contributed by atoms with Crippen LogP contribution in [0, 0.1) is 0 Å². The molecule has 0 amide bonds. The van der Waals surface area contributed by atoms with Crippen LogP contribution < -0.4 is 0 Å². The van der Waals surface area contributed by atoms with Crippen molar-refractivity contribution in [1.29, 1.82) is 0 Å². The summed E-state index contributed by atoms with van der Waals surface area (Å²) in [6.07, 6.45) is -3.88. The van der Waals surface area contributed by atoms with Crippen molar-refractivity contribution in [1.82, 2.24) is 4.90 Å². The molecular formula is C28H37NO7. The highest BCUT2D eigenvalue weighted by molar-refractivity contribution is 5.18. The second kappa shape index (κ2) is 10.1. The van der Waals surface area contributed by atoms with Gasteiger partial charge in [-0.1, -0.05) is 60.7 Å². The summed E-state index contributed by atoms with van der Waals surface area (Å²) in [5.41, 5.74) is 2.17. The van der Waals surface area contributed by atoms with Crippen LogP contribution in [-0.4, -0.2) is 76.1 Å². The minimum atomic E-state index is -1.10. The fourth-order valence-electron chi connectivity index (χ4n) is 5.60. The van der Waals surface area contributed by atoms with Crippen LogP contribution in [0.4, 0.5) is 0 Å². The minimum Gasteiger partial charge on any atom is -0.394 e. The molecule has 0 saturated carbocycles. The molecule has 2 aromatic rings. The van der Waals surface area contributed by atoms with Gasteiger partial charge >= 0.3 is 0 Å². The molecule has 3 aliphatic heterocycles. The van der Waals surface area contributed by atoms with E-state index in [2.05, 4.69) is 29.2 Å². The monoisotopic (exact) mass is 499 g/mol. The van der Waals surface area contributed by atoms with Gasteiger partial charge in [0.2, 0.25) is 0 Å². The molecule has 0 unspecified atom stereocenters. The number of ether oxygens (including phenoxy) is 5. The molecule has 8 nitrogen and oxygen atoms in total. The Kier molecular flexibility index (Phi) is 7.24. The zero-order chi connectivity index (χ0) is 25.5. The van der Waals surface area contributed by atoms with Gasteiger partial charge in [-0.15, -0.1) is 0 Å². The molecule has 36 heavy (non-hydrogen) atoms. The van der Waals surface area contributed by atoms with Gasteiger partial charge < -0.3 is 33.9 Å². The van der Waals surface area contributed by atoms with Crippen molar-refractivity contribution in [2.75, 3.05) is 6.61 Å². The van der Waals surface area contributed by atoms with Crippen molar-refractivity contribution in [2.24, 2.45) is 0 Å². The SMILES string of the molecule is CC1(C)O[C@@H]2[C@H](O1)[C@H]1OC(C)(C)O[C@H]1O[C@@H]2[C@H]([C@H](O)CO)N(Cc1ccccc1)Cc1ccccc1. The molecule has 5 rings (SSSR count). The van der Waals surface area contributed by atoms with E-state index in [-0.39, 0.29) is 0 Å². The van der Waals surface area contributed by atoms with Gasteiger partial charge in [0.15, 0.2) is 17.9 Å². The molecule has 0 bridgehead atoms. The summed E-state index contributed by atoms with van der Waals surface area (Å²) in [5, 5.41) is 21.4. The van der Waals surface area contributed by atoms with Crippen LogP contribution >= 0.6 is 0 Å². The molecule has 2 aromatic carbocycles. The van der Waals surface area contributed by atoms with Gasteiger partial charge in [0.1, 0.15) is 24.4 Å². The standard InChI is InChI=1S/C28H37NO7/c1-27(2)33-23-22(32-26-25(24(23)34-27)35-28(3,4)36-26)21(20(31)17-30)29(15-18-11-7-5-8-12-18)16-19-13-9-6-10-14-19/h5-14,20-26,30-31H,15-17H2,1-4H3/t20-,21+,22-,23+,24+,25-,26-/m1/s1. The fourth-order valence-corrected chi connectivity index (χ4v) is 5.60. The fraction of sp³-hybridized carbons (Fsp3) is 0.571. The number of benzene rings is 2. The van der Waals surface area contributed by atoms with E-state index < -0.39 is 61.0 Å². The van der Waals surface area contributed by atoms with Gasteiger partial charge in [-0.2, -0.15) is 0 Å². The lowest BCUT2D eigenvalue weighted by atomic mass is 9.90. The van der Waals surface area contributed by atoms with Crippen LogP contribution in [0.5, 0.6) is 0 Å². The largest absolute Gasteiger partial charge is 0.394 e. The third kappa shape index (κ3) is 5.37. The van der Waals surface area contributed by atoms with Crippen molar-refractivity contribution >= 4 is 0 Å². The van der Waals surface area contributed by atoms with Gasteiger partial charge in [0.25, 0.3) is 0 Å². The Labute approximate surface area is 212 Å². The van der Waals surface area contributed by atoms with E-state index >= 15 is 0 Å². The molecule has 3 fully saturated rings. The number of nitrogens with zero attached hydrogens (tertiary/aromatic N) is 1. The first kappa shape index (κ1) is 25.8. The molecule has 0 spiro atoms. The lowest BCUT2D eigenvalue weighted by Crippen LogP contribution is -2.64. The van der Waals surface area contributed by atoms with E-state index in [1.807, 2.05) is 64.1 Å². The third-order valence-corrected chi connectivity index (χ3v) is 6.99. The lowest BCUT2D eigenvalue weighted by molar-refractivity contribution is -0.255. The zero-order valence-corrected chi connectivity index (χ0v) is 21.3. The number of aliphatic hydroxyl groups is 2. The molecule has 3 heterocycles. The molecule has 2 N–H and O–H groups in total. The van der Waals surface area contributed by atoms with Gasteiger partial charge in [-0.3, -0.25) is 4.90 Å². The molecule has 0 aromatic heterocycles. The van der Waals surface area contributed by atoms with Gasteiger partial charge in [-0.05, 0) is 38.8 Å². The Bertz CT molecular complexity index is 960. The summed E-state index contributed by atoms with van der Waals surface area (Å²) in [4.78, 5) is 2.14. The predicted octanol–water partition coefficient (Wildman–Crippen LogP) is 2.81. The second-order valence-corrected chi connectivity index (χ2v) is 10.8. The summed E-state index contributed by atoms with van der Waals surface area (Å²) in [7, 11) is 0. The molecule has 3 aliphatic rings. The molecule has 0 aliphatic carbocycles. The number of fused-ring (bicyclic) bond motifs is 3. The van der Waals surface area contributed by atoms with E-state index in [1.54, 1.807) is 0 Å².